The first kappa shape index (κ1) is 15.5. The SMILES string of the molecule is CNCc1ccc(N(C)Cc2ccc(Br)cc2)c(Br)c1. The van der Waals surface area contributed by atoms with E-state index in [1.165, 1.54) is 16.8 Å². The highest BCUT2D eigenvalue weighted by molar-refractivity contribution is 9.10. The van der Waals surface area contributed by atoms with Gasteiger partial charge in [-0.15, -0.1) is 0 Å². The third-order valence-electron chi connectivity index (χ3n) is 3.14. The molecule has 2 rings (SSSR count). The van der Waals surface area contributed by atoms with Gasteiger partial charge in [-0.25, -0.2) is 0 Å². The van der Waals surface area contributed by atoms with Gasteiger partial charge in [-0.3, -0.25) is 0 Å². The maximum absolute atomic E-state index is 3.67. The Balaban J connectivity index is 2.12. The molecule has 0 radical (unpaired) electrons. The molecule has 0 amide bonds. The van der Waals surface area contributed by atoms with E-state index in [2.05, 4.69) is 91.6 Å². The number of nitrogens with one attached hydrogen (secondary N) is 1. The highest BCUT2D eigenvalue weighted by atomic mass is 79.9. The van der Waals surface area contributed by atoms with Gasteiger partial charge in [-0.1, -0.05) is 34.1 Å². The molecule has 0 saturated carbocycles. The van der Waals surface area contributed by atoms with Crippen LogP contribution in [0.4, 0.5) is 5.69 Å². The van der Waals surface area contributed by atoms with Crippen LogP contribution in [0.2, 0.25) is 0 Å². The van der Waals surface area contributed by atoms with E-state index in [0.29, 0.717) is 0 Å². The number of hydrogen-bond donors (Lipinski definition) is 1. The maximum Gasteiger partial charge on any atom is 0.0511 e. The summed E-state index contributed by atoms with van der Waals surface area (Å²) in [5.41, 5.74) is 3.77. The smallest absolute Gasteiger partial charge is 0.0511 e. The molecular weight excluding hydrogens is 380 g/mol. The summed E-state index contributed by atoms with van der Waals surface area (Å²) in [6.45, 7) is 1.77. The molecule has 106 valence electrons. The molecule has 2 aromatic rings. The average molecular weight is 398 g/mol. The van der Waals surface area contributed by atoms with Crippen molar-refractivity contribution in [2.24, 2.45) is 0 Å². The van der Waals surface area contributed by atoms with Gasteiger partial charge in [0, 0.05) is 29.1 Å². The Morgan fingerprint density at radius 3 is 2.25 bits per heavy atom. The monoisotopic (exact) mass is 396 g/mol. The molecule has 0 aliphatic rings. The van der Waals surface area contributed by atoms with Crippen LogP contribution in [0.5, 0.6) is 0 Å². The topological polar surface area (TPSA) is 15.3 Å². The normalized spacial score (nSPS) is 10.6. The molecule has 0 saturated heterocycles. The van der Waals surface area contributed by atoms with Crippen LogP contribution >= 0.6 is 31.9 Å². The van der Waals surface area contributed by atoms with E-state index >= 15 is 0 Å². The maximum atomic E-state index is 3.67. The summed E-state index contributed by atoms with van der Waals surface area (Å²) in [6, 6.07) is 14.9. The predicted molar refractivity (Wildman–Crippen MR) is 93.2 cm³/mol. The van der Waals surface area contributed by atoms with Gasteiger partial charge >= 0.3 is 0 Å². The number of anilines is 1. The van der Waals surface area contributed by atoms with E-state index in [0.717, 1.165) is 22.0 Å². The third-order valence-corrected chi connectivity index (χ3v) is 4.30. The molecule has 0 aromatic heterocycles. The van der Waals surface area contributed by atoms with Gasteiger partial charge in [0.25, 0.3) is 0 Å². The number of benzene rings is 2. The number of hydrogen-bond acceptors (Lipinski definition) is 2. The molecular formula is C16H18Br2N2. The molecule has 0 fully saturated rings. The van der Waals surface area contributed by atoms with Gasteiger partial charge in [-0.05, 0) is 58.4 Å². The summed E-state index contributed by atoms with van der Waals surface area (Å²) in [7, 11) is 4.07. The number of nitrogens with zero attached hydrogens (tertiary/aromatic N) is 1. The zero-order valence-corrected chi connectivity index (χ0v) is 14.8. The zero-order valence-electron chi connectivity index (χ0n) is 11.7. The van der Waals surface area contributed by atoms with Crippen LogP contribution in [0.3, 0.4) is 0 Å². The van der Waals surface area contributed by atoms with Crippen molar-refractivity contribution in [1.29, 1.82) is 0 Å². The summed E-state index contributed by atoms with van der Waals surface area (Å²) >= 11 is 7.13. The molecule has 2 aromatic carbocycles. The summed E-state index contributed by atoms with van der Waals surface area (Å²) in [4.78, 5) is 2.25. The van der Waals surface area contributed by atoms with Crippen molar-refractivity contribution in [3.05, 3.63) is 62.5 Å². The van der Waals surface area contributed by atoms with E-state index < -0.39 is 0 Å². The lowest BCUT2D eigenvalue weighted by atomic mass is 10.1. The largest absolute Gasteiger partial charge is 0.369 e. The van der Waals surface area contributed by atoms with E-state index in [-0.39, 0.29) is 0 Å². The van der Waals surface area contributed by atoms with Crippen molar-refractivity contribution < 1.29 is 0 Å². The first-order chi connectivity index (χ1) is 9.60. The second-order valence-corrected chi connectivity index (χ2v) is 6.57. The number of rotatable bonds is 5. The average Bonchev–Trinajstić information content (AvgIpc) is 2.42. The molecule has 0 spiro atoms. The van der Waals surface area contributed by atoms with Gasteiger partial charge in [0.05, 0.1) is 5.69 Å². The van der Waals surface area contributed by atoms with Crippen LogP contribution < -0.4 is 10.2 Å². The van der Waals surface area contributed by atoms with Gasteiger partial charge in [0.2, 0.25) is 0 Å². The van der Waals surface area contributed by atoms with Crippen molar-refractivity contribution in [2.75, 3.05) is 19.0 Å². The van der Waals surface area contributed by atoms with Crippen LogP contribution in [-0.2, 0) is 13.1 Å². The number of halogens is 2. The summed E-state index contributed by atoms with van der Waals surface area (Å²) in [5.74, 6) is 0. The zero-order chi connectivity index (χ0) is 14.5. The first-order valence-corrected chi connectivity index (χ1v) is 8.07. The van der Waals surface area contributed by atoms with Gasteiger partial charge < -0.3 is 10.2 Å². The fraction of sp³-hybridized carbons (Fsp3) is 0.250. The van der Waals surface area contributed by atoms with Crippen LogP contribution in [0.15, 0.2) is 51.4 Å². The van der Waals surface area contributed by atoms with Gasteiger partial charge in [-0.2, -0.15) is 0 Å². The first-order valence-electron chi connectivity index (χ1n) is 6.49. The summed E-state index contributed by atoms with van der Waals surface area (Å²) in [5, 5.41) is 3.17. The van der Waals surface area contributed by atoms with E-state index in [1.807, 2.05) is 7.05 Å². The van der Waals surface area contributed by atoms with E-state index in [1.54, 1.807) is 0 Å². The van der Waals surface area contributed by atoms with Crippen LogP contribution in [0, 0.1) is 0 Å². The highest BCUT2D eigenvalue weighted by Gasteiger charge is 2.07. The molecule has 2 nitrogen and oxygen atoms in total. The second kappa shape index (κ2) is 7.25. The Morgan fingerprint density at radius 1 is 1.00 bits per heavy atom. The quantitative estimate of drug-likeness (QED) is 0.794. The molecule has 1 N–H and O–H groups in total. The lowest BCUT2D eigenvalue weighted by molar-refractivity contribution is 0.816. The van der Waals surface area contributed by atoms with E-state index in [9.17, 15) is 0 Å². The molecule has 0 unspecified atom stereocenters. The van der Waals surface area contributed by atoms with Gasteiger partial charge in [0.15, 0.2) is 0 Å². The minimum atomic E-state index is 0.884. The van der Waals surface area contributed by atoms with Crippen LogP contribution in [0.1, 0.15) is 11.1 Å². The standard InChI is InChI=1S/C16H18Br2N2/c1-19-10-13-5-8-16(15(18)9-13)20(2)11-12-3-6-14(17)7-4-12/h3-9,19H,10-11H2,1-2H3. The van der Waals surface area contributed by atoms with Crippen molar-refractivity contribution in [3.8, 4) is 0 Å². The molecule has 4 heteroatoms. The Kier molecular flexibility index (Phi) is 5.64. The molecule has 0 bridgehead atoms. The Labute approximate surface area is 137 Å². The fourth-order valence-corrected chi connectivity index (χ4v) is 3.12. The van der Waals surface area contributed by atoms with Crippen LogP contribution in [0.25, 0.3) is 0 Å². The van der Waals surface area contributed by atoms with E-state index in [4.69, 9.17) is 0 Å². The Bertz CT molecular complexity index is 567. The van der Waals surface area contributed by atoms with Crippen molar-refractivity contribution in [3.63, 3.8) is 0 Å². The molecule has 20 heavy (non-hydrogen) atoms. The summed E-state index contributed by atoms with van der Waals surface area (Å²) in [6.07, 6.45) is 0. The predicted octanol–water partition coefficient (Wildman–Crippen LogP) is 4.57. The van der Waals surface area contributed by atoms with Crippen LogP contribution in [-0.4, -0.2) is 14.1 Å². The summed E-state index contributed by atoms with van der Waals surface area (Å²) < 4.78 is 2.24. The molecule has 0 heterocycles. The Hall–Kier alpha value is -0.840. The third kappa shape index (κ3) is 4.08. The fourth-order valence-electron chi connectivity index (χ4n) is 2.12. The van der Waals surface area contributed by atoms with Crippen molar-refractivity contribution in [1.82, 2.24) is 5.32 Å². The molecule has 0 aliphatic carbocycles. The lowest BCUT2D eigenvalue weighted by Gasteiger charge is -2.21. The minimum Gasteiger partial charge on any atom is -0.369 e. The van der Waals surface area contributed by atoms with Crippen molar-refractivity contribution >= 4 is 37.5 Å². The second-order valence-electron chi connectivity index (χ2n) is 4.80. The van der Waals surface area contributed by atoms with Crippen molar-refractivity contribution in [2.45, 2.75) is 13.1 Å². The minimum absolute atomic E-state index is 0.884. The van der Waals surface area contributed by atoms with Gasteiger partial charge in [0.1, 0.15) is 0 Å². The highest BCUT2D eigenvalue weighted by Crippen LogP contribution is 2.27. The Morgan fingerprint density at radius 2 is 1.65 bits per heavy atom. The molecule has 0 atom stereocenters. The lowest BCUT2D eigenvalue weighted by Crippen LogP contribution is -2.17. The molecule has 0 aliphatic heterocycles.